The van der Waals surface area contributed by atoms with Gasteiger partial charge in [0.15, 0.2) is 0 Å². The average Bonchev–Trinajstić information content (AvgIpc) is 2.39. The molecule has 0 aliphatic carbocycles. The van der Waals surface area contributed by atoms with Crippen LogP contribution >= 0.6 is 0 Å². The van der Waals surface area contributed by atoms with E-state index in [0.29, 0.717) is 0 Å². The van der Waals surface area contributed by atoms with Crippen molar-refractivity contribution >= 4 is 12.0 Å². The number of rotatable bonds is 1. The number of benzene rings is 2. The van der Waals surface area contributed by atoms with E-state index in [9.17, 15) is 0 Å². The molecule has 0 bridgehead atoms. The van der Waals surface area contributed by atoms with Gasteiger partial charge in [-0.1, -0.05) is 48.5 Å². The number of nitrogens with zero attached hydrogens (tertiary/aromatic N) is 1. The van der Waals surface area contributed by atoms with Gasteiger partial charge in [-0.2, -0.15) is 0 Å². The highest BCUT2D eigenvalue weighted by atomic mass is 15.0. The van der Waals surface area contributed by atoms with Crippen LogP contribution in [0.1, 0.15) is 17.2 Å². The molecule has 0 spiro atoms. The van der Waals surface area contributed by atoms with Gasteiger partial charge in [0, 0.05) is 11.3 Å². The Morgan fingerprint density at radius 2 is 1.62 bits per heavy atom. The fraction of sp³-hybridized carbons (Fsp3) is 0.0714. The van der Waals surface area contributed by atoms with Crippen molar-refractivity contribution in [2.45, 2.75) is 6.04 Å². The van der Waals surface area contributed by atoms with Gasteiger partial charge in [0.05, 0.1) is 6.34 Å². The topological polar surface area (TPSA) is 24.4 Å². The molecule has 16 heavy (non-hydrogen) atoms. The van der Waals surface area contributed by atoms with Crippen molar-refractivity contribution in [3.63, 3.8) is 0 Å². The molecule has 0 aromatic heterocycles. The Labute approximate surface area is 94.7 Å². The Hall–Kier alpha value is -2.09. The van der Waals surface area contributed by atoms with Crippen molar-refractivity contribution in [3.05, 3.63) is 65.7 Å². The van der Waals surface area contributed by atoms with Gasteiger partial charge in [-0.05, 0) is 11.6 Å². The lowest BCUT2D eigenvalue weighted by Gasteiger charge is -2.21. The first kappa shape index (κ1) is 9.16. The Balaban J connectivity index is 2.09. The molecule has 1 heterocycles. The number of fused-ring (bicyclic) bond motifs is 1. The highest BCUT2D eigenvalue weighted by Crippen LogP contribution is 2.33. The lowest BCUT2D eigenvalue weighted by Crippen LogP contribution is -2.10. The fourth-order valence-corrected chi connectivity index (χ4v) is 2.03. The van der Waals surface area contributed by atoms with Crippen molar-refractivity contribution < 1.29 is 0 Å². The molecule has 3 rings (SSSR count). The Kier molecular flexibility index (Phi) is 2.18. The molecule has 2 aromatic rings. The summed E-state index contributed by atoms with van der Waals surface area (Å²) in [5.74, 6) is 0. The first-order chi connectivity index (χ1) is 7.95. The maximum Gasteiger partial charge on any atom is 0.104 e. The SMILES string of the molecule is C1=NC(c2ccccc2)c2ccccc2N1. The summed E-state index contributed by atoms with van der Waals surface area (Å²) in [6.45, 7) is 0. The smallest absolute Gasteiger partial charge is 0.104 e. The monoisotopic (exact) mass is 208 g/mol. The summed E-state index contributed by atoms with van der Waals surface area (Å²) in [5, 5.41) is 3.17. The highest BCUT2D eigenvalue weighted by molar-refractivity contribution is 5.81. The zero-order valence-electron chi connectivity index (χ0n) is 8.80. The predicted octanol–water partition coefficient (Wildman–Crippen LogP) is 3.23. The molecule has 1 aliphatic rings. The molecule has 1 unspecified atom stereocenters. The molecule has 0 fully saturated rings. The average molecular weight is 208 g/mol. The van der Waals surface area contributed by atoms with Crippen molar-refractivity contribution in [3.8, 4) is 0 Å². The minimum absolute atomic E-state index is 0.124. The normalized spacial score (nSPS) is 17.6. The van der Waals surface area contributed by atoms with Crippen LogP contribution in [0, 0.1) is 0 Å². The Bertz CT molecular complexity index is 517. The van der Waals surface area contributed by atoms with Gasteiger partial charge in [-0.25, -0.2) is 0 Å². The van der Waals surface area contributed by atoms with Crippen LogP contribution < -0.4 is 5.32 Å². The second kappa shape index (κ2) is 3.81. The largest absolute Gasteiger partial charge is 0.346 e. The summed E-state index contributed by atoms with van der Waals surface area (Å²) in [4.78, 5) is 4.50. The van der Waals surface area contributed by atoms with E-state index in [2.05, 4.69) is 52.8 Å². The molecule has 0 saturated heterocycles. The summed E-state index contributed by atoms with van der Waals surface area (Å²) in [6, 6.07) is 18.8. The van der Waals surface area contributed by atoms with Gasteiger partial charge in [0.2, 0.25) is 0 Å². The van der Waals surface area contributed by atoms with Gasteiger partial charge in [0.25, 0.3) is 0 Å². The molecule has 2 nitrogen and oxygen atoms in total. The van der Waals surface area contributed by atoms with E-state index >= 15 is 0 Å². The van der Waals surface area contributed by atoms with Gasteiger partial charge in [-0.3, -0.25) is 4.99 Å². The zero-order chi connectivity index (χ0) is 10.8. The minimum atomic E-state index is 0.124. The molecule has 78 valence electrons. The summed E-state index contributed by atoms with van der Waals surface area (Å²) in [6.07, 6.45) is 1.78. The van der Waals surface area contributed by atoms with Gasteiger partial charge >= 0.3 is 0 Å². The van der Waals surface area contributed by atoms with Crippen LogP contribution in [0.4, 0.5) is 5.69 Å². The summed E-state index contributed by atoms with van der Waals surface area (Å²) in [7, 11) is 0. The first-order valence-electron chi connectivity index (χ1n) is 5.37. The minimum Gasteiger partial charge on any atom is -0.346 e. The van der Waals surface area contributed by atoms with E-state index in [0.717, 1.165) is 5.69 Å². The van der Waals surface area contributed by atoms with E-state index in [1.165, 1.54) is 11.1 Å². The molecule has 0 saturated carbocycles. The molecule has 0 radical (unpaired) electrons. The van der Waals surface area contributed by atoms with Crippen molar-refractivity contribution in [1.82, 2.24) is 0 Å². The standard InChI is InChI=1S/C14H12N2/c1-2-6-11(7-3-1)14-12-8-4-5-9-13(12)15-10-16-14/h1-10,14H,(H,15,16). The Morgan fingerprint density at radius 1 is 0.875 bits per heavy atom. The van der Waals surface area contributed by atoms with Crippen molar-refractivity contribution in [1.29, 1.82) is 0 Å². The molecule has 1 atom stereocenters. The molecule has 0 amide bonds. The number of anilines is 1. The summed E-state index contributed by atoms with van der Waals surface area (Å²) >= 11 is 0. The van der Waals surface area contributed by atoms with E-state index < -0.39 is 0 Å². The number of nitrogens with one attached hydrogen (secondary N) is 1. The van der Waals surface area contributed by atoms with Gasteiger partial charge in [-0.15, -0.1) is 0 Å². The van der Waals surface area contributed by atoms with Crippen LogP contribution in [0.5, 0.6) is 0 Å². The van der Waals surface area contributed by atoms with Crippen molar-refractivity contribution in [2.75, 3.05) is 5.32 Å². The summed E-state index contributed by atoms with van der Waals surface area (Å²) in [5.41, 5.74) is 3.61. The van der Waals surface area contributed by atoms with Gasteiger partial charge < -0.3 is 5.32 Å². The maximum absolute atomic E-state index is 4.50. The third-order valence-corrected chi connectivity index (χ3v) is 2.81. The van der Waals surface area contributed by atoms with Crippen molar-refractivity contribution in [2.24, 2.45) is 4.99 Å². The summed E-state index contributed by atoms with van der Waals surface area (Å²) < 4.78 is 0. The van der Waals surface area contributed by atoms with E-state index in [4.69, 9.17) is 0 Å². The highest BCUT2D eigenvalue weighted by Gasteiger charge is 2.17. The zero-order valence-corrected chi connectivity index (χ0v) is 8.80. The maximum atomic E-state index is 4.50. The van der Waals surface area contributed by atoms with Gasteiger partial charge in [0.1, 0.15) is 6.04 Å². The molecule has 1 N–H and O–H groups in total. The number of aliphatic imine (C=N–C) groups is 1. The molecular formula is C14H12N2. The van der Waals surface area contributed by atoms with Crippen LogP contribution in [0.2, 0.25) is 0 Å². The third kappa shape index (κ3) is 1.48. The van der Waals surface area contributed by atoms with Crippen LogP contribution in [0.15, 0.2) is 59.6 Å². The predicted molar refractivity (Wildman–Crippen MR) is 66.8 cm³/mol. The Morgan fingerprint density at radius 3 is 2.50 bits per heavy atom. The molecular weight excluding hydrogens is 196 g/mol. The van der Waals surface area contributed by atoms with E-state index in [1.54, 1.807) is 6.34 Å². The van der Waals surface area contributed by atoms with Crippen LogP contribution in [0.3, 0.4) is 0 Å². The lowest BCUT2D eigenvalue weighted by atomic mass is 9.97. The van der Waals surface area contributed by atoms with Crippen LogP contribution in [-0.4, -0.2) is 6.34 Å². The number of para-hydroxylation sites is 1. The molecule has 2 heteroatoms. The molecule has 1 aliphatic heterocycles. The van der Waals surface area contributed by atoms with Crippen LogP contribution in [-0.2, 0) is 0 Å². The number of hydrogen-bond acceptors (Lipinski definition) is 2. The first-order valence-corrected chi connectivity index (χ1v) is 5.37. The fourth-order valence-electron chi connectivity index (χ4n) is 2.03. The van der Waals surface area contributed by atoms with Crippen LogP contribution in [0.25, 0.3) is 0 Å². The van der Waals surface area contributed by atoms with E-state index in [-0.39, 0.29) is 6.04 Å². The lowest BCUT2D eigenvalue weighted by molar-refractivity contribution is 0.870. The second-order valence-corrected chi connectivity index (χ2v) is 3.82. The quantitative estimate of drug-likeness (QED) is 0.764. The van der Waals surface area contributed by atoms with E-state index in [1.807, 2.05) is 12.1 Å². The molecule has 2 aromatic carbocycles. The second-order valence-electron chi connectivity index (χ2n) is 3.82. The number of hydrogen-bond donors (Lipinski definition) is 1. The third-order valence-electron chi connectivity index (χ3n) is 2.81.